The number of amides is 1. The zero-order valence-corrected chi connectivity index (χ0v) is 15.9. The van der Waals surface area contributed by atoms with E-state index >= 15 is 0 Å². The topological polar surface area (TPSA) is 59.2 Å². The van der Waals surface area contributed by atoms with Crippen LogP contribution >= 0.6 is 23.1 Å². The van der Waals surface area contributed by atoms with Crippen molar-refractivity contribution >= 4 is 34.7 Å². The molecule has 0 bridgehead atoms. The Bertz CT molecular complexity index is 1150. The predicted molar refractivity (Wildman–Crippen MR) is 106 cm³/mol. The molecule has 132 valence electrons. The monoisotopic (exact) mass is 391 g/mol. The lowest BCUT2D eigenvalue weighted by Gasteiger charge is -2.17. The third-order valence-corrected chi connectivity index (χ3v) is 6.36. The van der Waals surface area contributed by atoms with E-state index in [0.29, 0.717) is 17.3 Å². The predicted octanol–water partition coefficient (Wildman–Crippen LogP) is 5.21. The highest BCUT2D eigenvalue weighted by atomic mass is 32.2. The van der Waals surface area contributed by atoms with Crippen LogP contribution in [-0.4, -0.2) is 23.1 Å². The van der Waals surface area contributed by atoms with Crippen molar-refractivity contribution in [3.63, 3.8) is 0 Å². The van der Waals surface area contributed by atoms with Crippen molar-refractivity contribution in [2.75, 3.05) is 11.9 Å². The SMILES string of the molecule is CN1C(=O)c2ccccc2Sc2cc(-c3noc(-c4cccs4)n3)ccc21. The van der Waals surface area contributed by atoms with Gasteiger partial charge in [-0.3, -0.25) is 4.79 Å². The molecule has 1 aliphatic rings. The van der Waals surface area contributed by atoms with Gasteiger partial charge in [-0.25, -0.2) is 0 Å². The Morgan fingerprint density at radius 1 is 1.04 bits per heavy atom. The molecule has 0 aliphatic carbocycles. The minimum Gasteiger partial charge on any atom is -0.333 e. The summed E-state index contributed by atoms with van der Waals surface area (Å²) in [5.74, 6) is 1.04. The number of hydrogen-bond acceptors (Lipinski definition) is 6. The lowest BCUT2D eigenvalue weighted by atomic mass is 10.1. The molecule has 1 amide bonds. The van der Waals surface area contributed by atoms with Crippen molar-refractivity contribution in [3.8, 4) is 22.2 Å². The average Bonchev–Trinajstić information content (AvgIpc) is 3.37. The number of aromatic nitrogens is 2. The van der Waals surface area contributed by atoms with E-state index in [4.69, 9.17) is 4.52 Å². The molecule has 5 rings (SSSR count). The second kappa shape index (κ2) is 6.37. The normalized spacial score (nSPS) is 13.2. The molecule has 0 N–H and O–H groups in total. The number of hydrogen-bond donors (Lipinski definition) is 0. The standard InChI is InChI=1S/C20H13N3O2S2/c1-23-14-9-8-12(18-21-19(25-22-18)16-7-4-10-26-16)11-17(14)27-15-6-3-2-5-13(15)20(23)24/h2-11H,1H3. The minimum atomic E-state index is -0.0101. The second-order valence-corrected chi connectivity index (χ2v) is 8.08. The van der Waals surface area contributed by atoms with Gasteiger partial charge in [-0.05, 0) is 41.8 Å². The van der Waals surface area contributed by atoms with Crippen LogP contribution in [0.25, 0.3) is 22.2 Å². The summed E-state index contributed by atoms with van der Waals surface area (Å²) in [4.78, 5) is 21.8. The van der Waals surface area contributed by atoms with Crippen LogP contribution in [0.5, 0.6) is 0 Å². The van der Waals surface area contributed by atoms with Crippen LogP contribution in [0.15, 0.2) is 74.3 Å². The molecule has 7 heteroatoms. The van der Waals surface area contributed by atoms with Crippen molar-refractivity contribution in [2.24, 2.45) is 0 Å². The minimum absolute atomic E-state index is 0.0101. The Morgan fingerprint density at radius 2 is 1.93 bits per heavy atom. The molecule has 0 spiro atoms. The van der Waals surface area contributed by atoms with Gasteiger partial charge in [0, 0.05) is 22.4 Å². The van der Waals surface area contributed by atoms with Crippen LogP contribution < -0.4 is 4.90 Å². The molecule has 2 aromatic heterocycles. The van der Waals surface area contributed by atoms with Gasteiger partial charge >= 0.3 is 0 Å². The maximum Gasteiger partial charge on any atom is 0.268 e. The maximum absolute atomic E-state index is 12.8. The molecule has 27 heavy (non-hydrogen) atoms. The number of nitrogens with zero attached hydrogens (tertiary/aromatic N) is 3. The summed E-state index contributed by atoms with van der Waals surface area (Å²) in [5.41, 5.74) is 2.43. The molecular weight excluding hydrogens is 378 g/mol. The van der Waals surface area contributed by atoms with Crippen LogP contribution in [-0.2, 0) is 0 Å². The molecule has 1 aliphatic heterocycles. The van der Waals surface area contributed by atoms with Crippen LogP contribution in [0, 0.1) is 0 Å². The van der Waals surface area contributed by atoms with Gasteiger partial charge in [-0.2, -0.15) is 4.98 Å². The number of thiophene rings is 1. The van der Waals surface area contributed by atoms with Gasteiger partial charge in [0.05, 0.1) is 16.1 Å². The van der Waals surface area contributed by atoms with E-state index in [1.165, 1.54) is 0 Å². The molecule has 3 heterocycles. The fourth-order valence-electron chi connectivity index (χ4n) is 2.99. The van der Waals surface area contributed by atoms with Gasteiger partial charge in [0.2, 0.25) is 5.82 Å². The van der Waals surface area contributed by atoms with Gasteiger partial charge in [0.25, 0.3) is 11.8 Å². The molecule has 2 aromatic carbocycles. The molecule has 0 saturated carbocycles. The van der Waals surface area contributed by atoms with Gasteiger partial charge in [0.1, 0.15) is 0 Å². The van der Waals surface area contributed by atoms with E-state index < -0.39 is 0 Å². The number of benzene rings is 2. The molecule has 0 atom stereocenters. The van der Waals surface area contributed by atoms with Gasteiger partial charge in [0.15, 0.2) is 0 Å². The summed E-state index contributed by atoms with van der Waals surface area (Å²) in [6.45, 7) is 0. The van der Waals surface area contributed by atoms with Gasteiger partial charge < -0.3 is 9.42 Å². The Morgan fingerprint density at radius 3 is 2.78 bits per heavy atom. The molecule has 0 unspecified atom stereocenters. The van der Waals surface area contributed by atoms with Crippen molar-refractivity contribution in [2.45, 2.75) is 9.79 Å². The average molecular weight is 391 g/mol. The quantitative estimate of drug-likeness (QED) is 0.470. The summed E-state index contributed by atoms with van der Waals surface area (Å²) < 4.78 is 5.40. The number of carbonyl (C=O) groups is 1. The van der Waals surface area contributed by atoms with Crippen molar-refractivity contribution in [3.05, 3.63) is 65.5 Å². The Hall–Kier alpha value is -2.90. The summed E-state index contributed by atoms with van der Waals surface area (Å²) >= 11 is 3.14. The van der Waals surface area contributed by atoms with E-state index in [9.17, 15) is 4.79 Å². The third-order valence-electron chi connectivity index (χ3n) is 4.38. The lowest BCUT2D eigenvalue weighted by molar-refractivity contribution is 0.0990. The Balaban J connectivity index is 1.58. The highest BCUT2D eigenvalue weighted by molar-refractivity contribution is 7.99. The van der Waals surface area contributed by atoms with E-state index in [2.05, 4.69) is 10.1 Å². The van der Waals surface area contributed by atoms with Crippen molar-refractivity contribution in [1.82, 2.24) is 10.1 Å². The second-order valence-electron chi connectivity index (χ2n) is 6.05. The molecule has 0 saturated heterocycles. The highest BCUT2D eigenvalue weighted by Crippen LogP contribution is 2.42. The first kappa shape index (κ1) is 16.3. The third kappa shape index (κ3) is 2.75. The Kier molecular flexibility index (Phi) is 3.84. The fraction of sp³-hybridized carbons (Fsp3) is 0.0500. The van der Waals surface area contributed by atoms with Crippen LogP contribution in [0.1, 0.15) is 10.4 Å². The number of anilines is 1. The first-order chi connectivity index (χ1) is 13.2. The smallest absolute Gasteiger partial charge is 0.268 e. The van der Waals surface area contributed by atoms with Crippen molar-refractivity contribution in [1.29, 1.82) is 0 Å². The van der Waals surface area contributed by atoms with E-state index in [1.807, 2.05) is 60.0 Å². The fourth-order valence-corrected chi connectivity index (χ4v) is 4.78. The van der Waals surface area contributed by atoms with E-state index in [1.54, 1.807) is 35.0 Å². The summed E-state index contributed by atoms with van der Waals surface area (Å²) in [6.07, 6.45) is 0. The van der Waals surface area contributed by atoms with E-state index in [-0.39, 0.29) is 5.91 Å². The number of carbonyl (C=O) groups excluding carboxylic acids is 1. The van der Waals surface area contributed by atoms with Crippen LogP contribution in [0.3, 0.4) is 0 Å². The highest BCUT2D eigenvalue weighted by Gasteiger charge is 2.25. The molecule has 0 radical (unpaired) electrons. The summed E-state index contributed by atoms with van der Waals surface area (Å²) in [7, 11) is 1.80. The maximum atomic E-state index is 12.8. The zero-order valence-electron chi connectivity index (χ0n) is 14.2. The summed E-state index contributed by atoms with van der Waals surface area (Å²) in [5, 5.41) is 6.10. The van der Waals surface area contributed by atoms with Crippen LogP contribution in [0.4, 0.5) is 5.69 Å². The van der Waals surface area contributed by atoms with Gasteiger partial charge in [-0.1, -0.05) is 35.1 Å². The molecule has 4 aromatic rings. The first-order valence-corrected chi connectivity index (χ1v) is 9.97. The number of fused-ring (bicyclic) bond motifs is 2. The van der Waals surface area contributed by atoms with Gasteiger partial charge in [-0.15, -0.1) is 11.3 Å². The van der Waals surface area contributed by atoms with E-state index in [0.717, 1.165) is 25.9 Å². The summed E-state index contributed by atoms with van der Waals surface area (Å²) in [6, 6.07) is 17.4. The molecular formula is C20H13N3O2S2. The lowest BCUT2D eigenvalue weighted by Crippen LogP contribution is -2.25. The molecule has 0 fully saturated rings. The Labute approximate surface area is 163 Å². The van der Waals surface area contributed by atoms with Crippen LogP contribution in [0.2, 0.25) is 0 Å². The zero-order chi connectivity index (χ0) is 18.4. The largest absolute Gasteiger partial charge is 0.333 e. The van der Waals surface area contributed by atoms with Crippen molar-refractivity contribution < 1.29 is 9.32 Å². The number of rotatable bonds is 2. The first-order valence-electron chi connectivity index (χ1n) is 8.27. The molecule has 5 nitrogen and oxygen atoms in total.